The molecule has 3 rings (SSSR count). The van der Waals surface area contributed by atoms with Gasteiger partial charge in [-0.25, -0.2) is 0 Å². The third kappa shape index (κ3) is 5.67. The molecule has 2 aromatic carbocycles. The molecule has 0 aliphatic rings. The molecule has 0 atom stereocenters. The summed E-state index contributed by atoms with van der Waals surface area (Å²) >= 11 is 7.19. The van der Waals surface area contributed by atoms with Crippen LogP contribution in [-0.4, -0.2) is 33.5 Å². The molecule has 0 saturated carbocycles. The Balaban J connectivity index is 1.60. The molecule has 0 saturated heterocycles. The molecule has 158 valence electrons. The van der Waals surface area contributed by atoms with Crippen molar-refractivity contribution in [2.45, 2.75) is 32.2 Å². The Bertz CT molecular complexity index is 1010. The number of thioether (sulfide) groups is 1. The summed E-state index contributed by atoms with van der Waals surface area (Å²) in [4.78, 5) is 12.2. The first-order valence-electron chi connectivity index (χ1n) is 9.38. The molecule has 0 radical (unpaired) electrons. The summed E-state index contributed by atoms with van der Waals surface area (Å²) in [6, 6.07) is 12.7. The van der Waals surface area contributed by atoms with Crippen molar-refractivity contribution >= 4 is 35.0 Å². The number of ether oxygens (including phenoxy) is 2. The largest absolute Gasteiger partial charge is 0.493 e. The zero-order chi connectivity index (χ0) is 21.5. The van der Waals surface area contributed by atoms with Crippen LogP contribution in [0.1, 0.15) is 18.3 Å². The first-order chi connectivity index (χ1) is 14.5. The Morgan fingerprint density at radius 2 is 1.93 bits per heavy atom. The smallest absolute Gasteiger partial charge is 0.234 e. The van der Waals surface area contributed by atoms with Gasteiger partial charge in [0, 0.05) is 17.3 Å². The number of carbonyl (C=O) groups excluding carboxylic acids is 1. The van der Waals surface area contributed by atoms with E-state index < -0.39 is 0 Å². The van der Waals surface area contributed by atoms with Crippen LogP contribution in [0.2, 0.25) is 5.02 Å². The molecule has 3 aromatic rings. The van der Waals surface area contributed by atoms with Crippen LogP contribution in [-0.2, 0) is 17.9 Å². The van der Waals surface area contributed by atoms with Crippen molar-refractivity contribution < 1.29 is 14.3 Å². The van der Waals surface area contributed by atoms with Crippen LogP contribution in [0.25, 0.3) is 0 Å². The van der Waals surface area contributed by atoms with Crippen molar-refractivity contribution in [3.63, 3.8) is 0 Å². The SMILES string of the molecule is CCn1c(COc2ccc(C)cc2OC)nnc1SCC(=O)Nc1ccc(Cl)cc1. The number of hydrogen-bond acceptors (Lipinski definition) is 6. The molecule has 0 aliphatic heterocycles. The molecular formula is C21H23ClN4O3S. The molecule has 7 nitrogen and oxygen atoms in total. The van der Waals surface area contributed by atoms with Gasteiger partial charge < -0.3 is 19.4 Å². The maximum absolute atomic E-state index is 12.2. The lowest BCUT2D eigenvalue weighted by atomic mass is 10.2. The van der Waals surface area contributed by atoms with Crippen molar-refractivity contribution in [2.75, 3.05) is 18.2 Å². The lowest BCUT2D eigenvalue weighted by Crippen LogP contribution is -2.14. The number of carbonyl (C=O) groups is 1. The molecule has 9 heteroatoms. The number of aryl methyl sites for hydroxylation is 1. The molecule has 0 unspecified atom stereocenters. The molecule has 1 N–H and O–H groups in total. The van der Waals surface area contributed by atoms with Gasteiger partial charge in [0.15, 0.2) is 22.5 Å². The van der Waals surface area contributed by atoms with Gasteiger partial charge in [-0.15, -0.1) is 10.2 Å². The minimum atomic E-state index is -0.129. The molecule has 0 spiro atoms. The summed E-state index contributed by atoms with van der Waals surface area (Å²) in [5.74, 6) is 2.08. The van der Waals surface area contributed by atoms with E-state index >= 15 is 0 Å². The topological polar surface area (TPSA) is 78.3 Å². The summed E-state index contributed by atoms with van der Waals surface area (Å²) in [7, 11) is 1.61. The predicted octanol–water partition coefficient (Wildman–Crippen LogP) is 4.58. The van der Waals surface area contributed by atoms with Gasteiger partial charge in [0.05, 0.1) is 12.9 Å². The molecule has 30 heavy (non-hydrogen) atoms. The van der Waals surface area contributed by atoms with Crippen LogP contribution in [0, 0.1) is 6.92 Å². The number of anilines is 1. The average Bonchev–Trinajstić information content (AvgIpc) is 3.14. The number of hydrogen-bond donors (Lipinski definition) is 1. The molecule has 0 bridgehead atoms. The van der Waals surface area contributed by atoms with Crippen LogP contribution >= 0.6 is 23.4 Å². The Morgan fingerprint density at radius 3 is 2.63 bits per heavy atom. The molecular weight excluding hydrogens is 424 g/mol. The van der Waals surface area contributed by atoms with Crippen molar-refractivity contribution in [1.29, 1.82) is 0 Å². The van der Waals surface area contributed by atoms with Gasteiger partial charge in [-0.1, -0.05) is 29.4 Å². The van der Waals surface area contributed by atoms with Gasteiger partial charge in [0.2, 0.25) is 5.91 Å². The number of nitrogens with one attached hydrogen (secondary N) is 1. The van der Waals surface area contributed by atoms with Gasteiger partial charge in [-0.05, 0) is 55.8 Å². The number of amides is 1. The van der Waals surface area contributed by atoms with E-state index in [-0.39, 0.29) is 18.3 Å². The Morgan fingerprint density at radius 1 is 1.17 bits per heavy atom. The maximum Gasteiger partial charge on any atom is 0.234 e. The van der Waals surface area contributed by atoms with E-state index in [1.807, 2.05) is 36.6 Å². The van der Waals surface area contributed by atoms with Gasteiger partial charge >= 0.3 is 0 Å². The second kappa shape index (κ2) is 10.4. The van der Waals surface area contributed by atoms with Crippen LogP contribution in [0.15, 0.2) is 47.6 Å². The van der Waals surface area contributed by atoms with E-state index in [2.05, 4.69) is 15.5 Å². The summed E-state index contributed by atoms with van der Waals surface area (Å²) in [5, 5.41) is 12.6. The third-order valence-corrected chi connectivity index (χ3v) is 5.46. The quantitative estimate of drug-likeness (QED) is 0.485. The van der Waals surface area contributed by atoms with Gasteiger partial charge in [-0.3, -0.25) is 4.79 Å². The fourth-order valence-corrected chi connectivity index (χ4v) is 3.69. The van der Waals surface area contributed by atoms with Crippen LogP contribution < -0.4 is 14.8 Å². The van der Waals surface area contributed by atoms with Gasteiger partial charge in [0.1, 0.15) is 6.61 Å². The summed E-state index contributed by atoms with van der Waals surface area (Å²) < 4.78 is 13.2. The Hall–Kier alpha value is -2.71. The normalized spacial score (nSPS) is 10.7. The van der Waals surface area contributed by atoms with E-state index in [0.717, 1.165) is 5.56 Å². The van der Waals surface area contributed by atoms with Crippen molar-refractivity contribution in [3.8, 4) is 11.5 Å². The molecule has 1 amide bonds. The standard InChI is InChI=1S/C21H23ClN4O3S/c1-4-26-19(12-29-17-10-5-14(2)11-18(17)28-3)24-25-21(26)30-13-20(27)23-16-8-6-15(22)7-9-16/h5-11H,4,12-13H2,1-3H3,(H,23,27). The van der Waals surface area contributed by atoms with E-state index in [0.29, 0.717) is 39.7 Å². The monoisotopic (exact) mass is 446 g/mol. The second-order valence-corrected chi connectivity index (χ2v) is 7.81. The molecule has 1 heterocycles. The second-order valence-electron chi connectivity index (χ2n) is 6.43. The lowest BCUT2D eigenvalue weighted by molar-refractivity contribution is -0.113. The number of benzene rings is 2. The van der Waals surface area contributed by atoms with Crippen molar-refractivity contribution in [2.24, 2.45) is 0 Å². The van der Waals surface area contributed by atoms with Crippen molar-refractivity contribution in [3.05, 3.63) is 58.9 Å². The van der Waals surface area contributed by atoms with E-state index in [1.165, 1.54) is 11.8 Å². The minimum absolute atomic E-state index is 0.129. The fraction of sp³-hybridized carbons (Fsp3) is 0.286. The summed E-state index contributed by atoms with van der Waals surface area (Å²) in [6.07, 6.45) is 0. The first-order valence-corrected chi connectivity index (χ1v) is 10.7. The summed E-state index contributed by atoms with van der Waals surface area (Å²) in [6.45, 7) is 4.90. The molecule has 1 aromatic heterocycles. The van der Waals surface area contributed by atoms with Gasteiger partial charge in [-0.2, -0.15) is 0 Å². The van der Waals surface area contributed by atoms with E-state index in [4.69, 9.17) is 21.1 Å². The number of halogens is 1. The maximum atomic E-state index is 12.2. The Kier molecular flexibility index (Phi) is 7.59. The van der Waals surface area contributed by atoms with E-state index in [9.17, 15) is 4.79 Å². The highest BCUT2D eigenvalue weighted by Gasteiger charge is 2.15. The van der Waals surface area contributed by atoms with Crippen LogP contribution in [0.4, 0.5) is 5.69 Å². The number of rotatable bonds is 9. The fourth-order valence-electron chi connectivity index (χ4n) is 2.75. The zero-order valence-electron chi connectivity index (χ0n) is 17.0. The minimum Gasteiger partial charge on any atom is -0.493 e. The zero-order valence-corrected chi connectivity index (χ0v) is 18.6. The van der Waals surface area contributed by atoms with Crippen LogP contribution in [0.3, 0.4) is 0 Å². The average molecular weight is 447 g/mol. The number of aromatic nitrogens is 3. The third-order valence-electron chi connectivity index (χ3n) is 4.25. The molecule has 0 fully saturated rings. The Labute approximate surface area is 184 Å². The lowest BCUT2D eigenvalue weighted by Gasteiger charge is -2.12. The van der Waals surface area contributed by atoms with Crippen LogP contribution in [0.5, 0.6) is 11.5 Å². The highest BCUT2D eigenvalue weighted by atomic mass is 35.5. The number of methoxy groups -OCH3 is 1. The summed E-state index contributed by atoms with van der Waals surface area (Å²) in [5.41, 5.74) is 1.79. The first kappa shape index (κ1) is 22.0. The highest BCUT2D eigenvalue weighted by molar-refractivity contribution is 7.99. The van der Waals surface area contributed by atoms with Crippen molar-refractivity contribution in [1.82, 2.24) is 14.8 Å². The van der Waals surface area contributed by atoms with E-state index in [1.54, 1.807) is 31.4 Å². The highest BCUT2D eigenvalue weighted by Crippen LogP contribution is 2.28. The number of nitrogens with zero attached hydrogens (tertiary/aromatic N) is 3. The van der Waals surface area contributed by atoms with Gasteiger partial charge in [0.25, 0.3) is 0 Å². The molecule has 0 aliphatic carbocycles. The predicted molar refractivity (Wildman–Crippen MR) is 119 cm³/mol.